The Kier molecular flexibility index (Phi) is 4.61. The maximum absolute atomic E-state index is 14.0. The fraction of sp³-hybridized carbons (Fsp3) is 0.0588. The number of hydrogen-bond acceptors (Lipinski definition) is 3. The minimum atomic E-state index is -0.725. The van der Waals surface area contributed by atoms with Crippen molar-refractivity contribution < 1.29 is 13.2 Å². The molecule has 0 aliphatic carbocycles. The molecular formula is C17H12F3N3S. The van der Waals surface area contributed by atoms with Gasteiger partial charge in [0.05, 0.1) is 11.9 Å². The van der Waals surface area contributed by atoms with E-state index in [4.69, 9.17) is 0 Å². The van der Waals surface area contributed by atoms with Gasteiger partial charge >= 0.3 is 0 Å². The van der Waals surface area contributed by atoms with Gasteiger partial charge in [0.2, 0.25) is 4.80 Å². The highest BCUT2D eigenvalue weighted by Gasteiger charge is 2.11. The van der Waals surface area contributed by atoms with Crippen LogP contribution in [0.2, 0.25) is 0 Å². The zero-order chi connectivity index (χ0) is 17.1. The summed E-state index contributed by atoms with van der Waals surface area (Å²) in [7, 11) is 1.58. The summed E-state index contributed by atoms with van der Waals surface area (Å²) in [6.07, 6.45) is 1.25. The Labute approximate surface area is 140 Å². The molecule has 0 aliphatic rings. The molecule has 2 aromatic carbocycles. The molecule has 24 heavy (non-hydrogen) atoms. The fourth-order valence-electron chi connectivity index (χ4n) is 2.14. The normalized spacial score (nSPS) is 12.2. The lowest BCUT2D eigenvalue weighted by Gasteiger charge is -2.04. The number of aromatic nitrogens is 1. The minimum absolute atomic E-state index is 0.122. The van der Waals surface area contributed by atoms with Crippen LogP contribution in [0, 0.1) is 17.5 Å². The summed E-state index contributed by atoms with van der Waals surface area (Å²) in [5.74, 6) is -1.78. The minimum Gasteiger partial charge on any atom is -0.261 e. The Morgan fingerprint density at radius 1 is 1.04 bits per heavy atom. The van der Waals surface area contributed by atoms with Gasteiger partial charge < -0.3 is 0 Å². The number of nitrogens with zero attached hydrogens (tertiary/aromatic N) is 3. The Balaban J connectivity index is 2.09. The third kappa shape index (κ3) is 3.16. The van der Waals surface area contributed by atoms with E-state index in [9.17, 15) is 13.2 Å². The molecule has 0 fully saturated rings. The van der Waals surface area contributed by atoms with E-state index >= 15 is 0 Å². The van der Waals surface area contributed by atoms with Crippen LogP contribution in [-0.2, 0) is 0 Å². The molecule has 0 aliphatic heterocycles. The standard InChI is InChI=1S/C17H12F3N3S/c1-21-17-23(22-9-11-6-7-12(18)8-15(11)20)16(10-24-17)13-4-2-3-5-14(13)19/h2-10H,1H3/b21-17?,22-9-. The van der Waals surface area contributed by atoms with Crippen LogP contribution >= 0.6 is 11.3 Å². The first-order valence-corrected chi connectivity index (χ1v) is 7.86. The molecular weight excluding hydrogens is 335 g/mol. The first-order valence-electron chi connectivity index (χ1n) is 6.98. The van der Waals surface area contributed by atoms with Gasteiger partial charge in [-0.05, 0) is 24.3 Å². The molecule has 3 rings (SSSR count). The van der Waals surface area contributed by atoms with Gasteiger partial charge in [-0.15, -0.1) is 11.3 Å². The van der Waals surface area contributed by atoms with Crippen LogP contribution in [-0.4, -0.2) is 17.9 Å². The average molecular weight is 347 g/mol. The predicted molar refractivity (Wildman–Crippen MR) is 88.5 cm³/mol. The van der Waals surface area contributed by atoms with Gasteiger partial charge in [0, 0.05) is 29.6 Å². The number of benzene rings is 2. The zero-order valence-electron chi connectivity index (χ0n) is 12.6. The second-order valence-corrected chi connectivity index (χ2v) is 5.67. The molecule has 0 N–H and O–H groups in total. The molecule has 0 saturated heterocycles. The van der Waals surface area contributed by atoms with Crippen molar-refractivity contribution >= 4 is 17.6 Å². The molecule has 0 saturated carbocycles. The van der Waals surface area contributed by atoms with Crippen molar-refractivity contribution in [1.82, 2.24) is 4.68 Å². The second kappa shape index (κ2) is 6.84. The van der Waals surface area contributed by atoms with Gasteiger partial charge in [-0.25, -0.2) is 17.8 Å². The SMILES string of the molecule is CN=c1scc(-c2ccccc2F)n1/N=C\c1ccc(F)cc1F. The predicted octanol–water partition coefficient (Wildman–Crippen LogP) is 4.05. The molecule has 0 spiro atoms. The van der Waals surface area contributed by atoms with Crippen LogP contribution in [0.1, 0.15) is 5.56 Å². The van der Waals surface area contributed by atoms with Gasteiger partial charge in [-0.2, -0.15) is 5.10 Å². The lowest BCUT2D eigenvalue weighted by Crippen LogP contribution is -2.12. The van der Waals surface area contributed by atoms with E-state index < -0.39 is 17.5 Å². The molecule has 0 bridgehead atoms. The van der Waals surface area contributed by atoms with Crippen molar-refractivity contribution in [2.24, 2.45) is 10.1 Å². The highest BCUT2D eigenvalue weighted by Crippen LogP contribution is 2.23. The summed E-state index contributed by atoms with van der Waals surface area (Å²) >= 11 is 1.28. The molecule has 0 atom stereocenters. The maximum atomic E-state index is 14.0. The molecule has 1 heterocycles. The molecule has 0 radical (unpaired) electrons. The number of halogens is 3. The monoisotopic (exact) mass is 347 g/mol. The molecule has 122 valence electrons. The third-order valence-electron chi connectivity index (χ3n) is 3.30. The van der Waals surface area contributed by atoms with Crippen LogP contribution < -0.4 is 4.80 Å². The van der Waals surface area contributed by atoms with E-state index in [0.717, 1.165) is 12.1 Å². The fourth-order valence-corrected chi connectivity index (χ4v) is 2.94. The smallest absolute Gasteiger partial charge is 0.205 e. The van der Waals surface area contributed by atoms with Crippen LogP contribution in [0.5, 0.6) is 0 Å². The lowest BCUT2D eigenvalue weighted by molar-refractivity contribution is 0.582. The van der Waals surface area contributed by atoms with Crippen molar-refractivity contribution in [3.63, 3.8) is 0 Å². The molecule has 3 aromatic rings. The lowest BCUT2D eigenvalue weighted by atomic mass is 10.1. The summed E-state index contributed by atoms with van der Waals surface area (Å²) in [5.41, 5.74) is 0.981. The van der Waals surface area contributed by atoms with Crippen molar-refractivity contribution in [2.45, 2.75) is 0 Å². The van der Waals surface area contributed by atoms with E-state index in [-0.39, 0.29) is 5.56 Å². The number of rotatable bonds is 3. The number of hydrogen-bond donors (Lipinski definition) is 0. The Hall–Kier alpha value is -2.67. The largest absolute Gasteiger partial charge is 0.261 e. The molecule has 3 nitrogen and oxygen atoms in total. The third-order valence-corrected chi connectivity index (χ3v) is 4.21. The summed E-state index contributed by atoms with van der Waals surface area (Å²) in [4.78, 5) is 4.61. The second-order valence-electron chi connectivity index (χ2n) is 4.83. The summed E-state index contributed by atoms with van der Waals surface area (Å²) in [6, 6.07) is 9.50. The van der Waals surface area contributed by atoms with Crippen LogP contribution in [0.4, 0.5) is 13.2 Å². The maximum Gasteiger partial charge on any atom is 0.205 e. The Morgan fingerprint density at radius 2 is 1.83 bits per heavy atom. The zero-order valence-corrected chi connectivity index (χ0v) is 13.4. The summed E-state index contributed by atoms with van der Waals surface area (Å²) in [6.45, 7) is 0. The van der Waals surface area contributed by atoms with Gasteiger partial charge in [0.1, 0.15) is 17.5 Å². The first-order chi connectivity index (χ1) is 11.6. The van der Waals surface area contributed by atoms with E-state index in [0.29, 0.717) is 16.1 Å². The van der Waals surface area contributed by atoms with Crippen LogP contribution in [0.25, 0.3) is 11.3 Å². The molecule has 0 amide bonds. The van der Waals surface area contributed by atoms with Crippen LogP contribution in [0.15, 0.2) is 57.9 Å². The van der Waals surface area contributed by atoms with Crippen molar-refractivity contribution in [2.75, 3.05) is 7.05 Å². The summed E-state index contributed by atoms with van der Waals surface area (Å²) in [5, 5.41) is 5.92. The van der Waals surface area contributed by atoms with Crippen molar-refractivity contribution in [3.05, 3.63) is 75.7 Å². The van der Waals surface area contributed by atoms with Gasteiger partial charge in [-0.1, -0.05) is 12.1 Å². The van der Waals surface area contributed by atoms with E-state index in [1.807, 2.05) is 0 Å². The van der Waals surface area contributed by atoms with E-state index in [2.05, 4.69) is 10.1 Å². The highest BCUT2D eigenvalue weighted by atomic mass is 32.1. The van der Waals surface area contributed by atoms with Gasteiger partial charge in [0.25, 0.3) is 0 Å². The van der Waals surface area contributed by atoms with E-state index in [1.54, 1.807) is 30.6 Å². The Morgan fingerprint density at radius 3 is 2.54 bits per heavy atom. The first kappa shape index (κ1) is 16.2. The molecule has 1 aromatic heterocycles. The average Bonchev–Trinajstić information content (AvgIpc) is 2.97. The molecule has 0 unspecified atom stereocenters. The topological polar surface area (TPSA) is 29.6 Å². The van der Waals surface area contributed by atoms with E-state index in [1.165, 1.54) is 34.4 Å². The van der Waals surface area contributed by atoms with Crippen molar-refractivity contribution in [1.29, 1.82) is 0 Å². The highest BCUT2D eigenvalue weighted by molar-refractivity contribution is 7.07. The Bertz CT molecular complexity index is 973. The molecule has 7 heteroatoms. The van der Waals surface area contributed by atoms with Crippen LogP contribution in [0.3, 0.4) is 0 Å². The van der Waals surface area contributed by atoms with Gasteiger partial charge in [-0.3, -0.25) is 4.99 Å². The van der Waals surface area contributed by atoms with Crippen molar-refractivity contribution in [3.8, 4) is 11.3 Å². The summed E-state index contributed by atoms with van der Waals surface area (Å²) < 4.78 is 42.2. The quantitative estimate of drug-likeness (QED) is 0.640. The van der Waals surface area contributed by atoms with Gasteiger partial charge in [0.15, 0.2) is 0 Å². The number of thiazole rings is 1.